The lowest BCUT2D eigenvalue weighted by Crippen LogP contribution is -2.33. The van der Waals surface area contributed by atoms with Crippen LogP contribution in [0.15, 0.2) is 24.5 Å². The third kappa shape index (κ3) is 2.07. The summed E-state index contributed by atoms with van der Waals surface area (Å²) in [4.78, 5) is 14.5. The Balaban J connectivity index is 2.06. The minimum atomic E-state index is -1.26. The van der Waals surface area contributed by atoms with Crippen LogP contribution in [0.25, 0.3) is 11.0 Å². The summed E-state index contributed by atoms with van der Waals surface area (Å²) in [6.45, 7) is -0.443. The Morgan fingerprint density at radius 3 is 2.76 bits per heavy atom. The van der Waals surface area contributed by atoms with Gasteiger partial charge in [0.15, 0.2) is 6.23 Å². The highest BCUT2D eigenvalue weighted by Gasteiger charge is 2.43. The van der Waals surface area contributed by atoms with Crippen molar-refractivity contribution in [1.29, 1.82) is 0 Å². The highest BCUT2D eigenvalue weighted by atomic mass is 16.6. The van der Waals surface area contributed by atoms with Crippen LogP contribution in [0.3, 0.4) is 0 Å². The average Bonchev–Trinajstić information content (AvgIpc) is 3.01. The van der Waals surface area contributed by atoms with Gasteiger partial charge in [-0.25, -0.2) is 4.98 Å². The van der Waals surface area contributed by atoms with Crippen LogP contribution in [0.1, 0.15) is 6.23 Å². The molecular weight excluding hydrogens is 282 g/mol. The second-order valence-corrected chi connectivity index (χ2v) is 4.78. The second kappa shape index (κ2) is 5.04. The van der Waals surface area contributed by atoms with Gasteiger partial charge in [0.1, 0.15) is 24.0 Å². The highest BCUT2D eigenvalue weighted by Crippen LogP contribution is 2.33. The molecule has 9 heteroatoms. The van der Waals surface area contributed by atoms with E-state index in [9.17, 15) is 20.3 Å². The maximum Gasteiger partial charge on any atom is 0.281 e. The molecule has 2 aromatic heterocycles. The zero-order chi connectivity index (χ0) is 15.1. The zero-order valence-corrected chi connectivity index (χ0v) is 10.7. The molecule has 3 N–H and O–H groups in total. The van der Waals surface area contributed by atoms with Crippen molar-refractivity contribution < 1.29 is 25.0 Å². The first-order valence-corrected chi connectivity index (χ1v) is 6.27. The summed E-state index contributed by atoms with van der Waals surface area (Å²) in [7, 11) is 0. The summed E-state index contributed by atoms with van der Waals surface area (Å²) >= 11 is 0. The number of nitrogens with zero attached hydrogens (tertiary/aromatic N) is 3. The Morgan fingerprint density at radius 2 is 2.14 bits per heavy atom. The monoisotopic (exact) mass is 295 g/mol. The van der Waals surface area contributed by atoms with Gasteiger partial charge in [-0.05, 0) is 6.07 Å². The molecule has 4 atom stereocenters. The molecular formula is C12H13N3O6. The molecule has 0 aliphatic carbocycles. The summed E-state index contributed by atoms with van der Waals surface area (Å²) in [5, 5.41) is 40.1. The van der Waals surface area contributed by atoms with E-state index in [1.807, 2.05) is 0 Å². The molecule has 3 heterocycles. The summed E-state index contributed by atoms with van der Waals surface area (Å²) in [5.41, 5.74) is 0.157. The van der Waals surface area contributed by atoms with Gasteiger partial charge < -0.3 is 24.6 Å². The van der Waals surface area contributed by atoms with Crippen molar-refractivity contribution in [3.63, 3.8) is 0 Å². The minimum Gasteiger partial charge on any atom is -0.394 e. The standard InChI is InChI=1S/C12H13N3O6/c16-5-8-9(17)10(18)12(21-8)14-4-2-6-7(15(19)20)1-3-13-11(6)14/h1-4,8-10,12,16-18H,5H2/t8-,9-,10-,12+/m1/s1. The van der Waals surface area contributed by atoms with Gasteiger partial charge in [-0.1, -0.05) is 0 Å². The average molecular weight is 295 g/mol. The number of aliphatic hydroxyl groups is 3. The Morgan fingerprint density at radius 1 is 1.38 bits per heavy atom. The SMILES string of the molecule is O=[N+]([O-])c1ccnc2c1ccn2[C@H]1O[C@H](CO)[C@@H](O)[C@H]1O. The largest absolute Gasteiger partial charge is 0.394 e. The minimum absolute atomic E-state index is 0.106. The van der Waals surface area contributed by atoms with Gasteiger partial charge in [0.05, 0.1) is 16.9 Å². The fourth-order valence-electron chi connectivity index (χ4n) is 2.52. The highest BCUT2D eigenvalue weighted by molar-refractivity contribution is 5.85. The molecule has 0 amide bonds. The predicted octanol–water partition coefficient (Wildman–Crippen LogP) is -0.444. The van der Waals surface area contributed by atoms with Crippen LogP contribution in [0.4, 0.5) is 5.69 Å². The lowest BCUT2D eigenvalue weighted by Gasteiger charge is -2.17. The molecule has 2 aromatic rings. The molecule has 0 unspecified atom stereocenters. The van der Waals surface area contributed by atoms with Gasteiger partial charge >= 0.3 is 0 Å². The number of pyridine rings is 1. The molecule has 0 aromatic carbocycles. The molecule has 0 spiro atoms. The first-order chi connectivity index (χ1) is 10.0. The summed E-state index contributed by atoms with van der Waals surface area (Å²) in [6.07, 6.45) is -1.61. The first-order valence-electron chi connectivity index (χ1n) is 6.27. The number of ether oxygens (including phenoxy) is 1. The quantitative estimate of drug-likeness (QED) is 0.516. The lowest BCUT2D eigenvalue weighted by molar-refractivity contribution is -0.383. The van der Waals surface area contributed by atoms with Crippen LogP contribution in [0.5, 0.6) is 0 Å². The number of rotatable bonds is 3. The van der Waals surface area contributed by atoms with Crippen LogP contribution in [0, 0.1) is 10.1 Å². The zero-order valence-electron chi connectivity index (χ0n) is 10.7. The number of fused-ring (bicyclic) bond motifs is 1. The van der Waals surface area contributed by atoms with Crippen molar-refractivity contribution in [2.45, 2.75) is 24.5 Å². The van der Waals surface area contributed by atoms with E-state index in [2.05, 4.69) is 4.98 Å². The molecule has 0 saturated carbocycles. The van der Waals surface area contributed by atoms with Gasteiger partial charge in [0.2, 0.25) is 0 Å². The van der Waals surface area contributed by atoms with E-state index in [0.29, 0.717) is 5.39 Å². The number of hydrogen-bond donors (Lipinski definition) is 3. The van der Waals surface area contributed by atoms with E-state index < -0.39 is 36.1 Å². The molecule has 0 radical (unpaired) electrons. The van der Waals surface area contributed by atoms with Crippen molar-refractivity contribution >= 4 is 16.7 Å². The van der Waals surface area contributed by atoms with E-state index >= 15 is 0 Å². The van der Waals surface area contributed by atoms with Crippen LogP contribution in [-0.2, 0) is 4.74 Å². The van der Waals surface area contributed by atoms with E-state index in [1.165, 1.54) is 29.1 Å². The van der Waals surface area contributed by atoms with E-state index in [0.717, 1.165) is 0 Å². The molecule has 21 heavy (non-hydrogen) atoms. The molecule has 1 aliphatic heterocycles. The topological polar surface area (TPSA) is 131 Å². The molecule has 1 fully saturated rings. The third-order valence-electron chi connectivity index (χ3n) is 3.58. The maximum atomic E-state index is 11.0. The second-order valence-electron chi connectivity index (χ2n) is 4.78. The molecule has 3 rings (SSSR count). The molecule has 9 nitrogen and oxygen atoms in total. The van der Waals surface area contributed by atoms with Crippen LogP contribution in [-0.4, -0.2) is 54.7 Å². The molecule has 0 bridgehead atoms. The van der Waals surface area contributed by atoms with Crippen molar-refractivity contribution in [2.24, 2.45) is 0 Å². The van der Waals surface area contributed by atoms with Crippen LogP contribution in [0.2, 0.25) is 0 Å². The summed E-state index contributed by atoms with van der Waals surface area (Å²) in [6, 6.07) is 2.78. The van der Waals surface area contributed by atoms with Gasteiger partial charge in [0, 0.05) is 18.5 Å². The first kappa shape index (κ1) is 13.9. The van der Waals surface area contributed by atoms with E-state index in [4.69, 9.17) is 9.84 Å². The van der Waals surface area contributed by atoms with Crippen molar-refractivity contribution in [1.82, 2.24) is 9.55 Å². The fourth-order valence-corrected chi connectivity index (χ4v) is 2.52. The number of aromatic nitrogens is 2. The molecule has 1 aliphatic rings. The predicted molar refractivity (Wildman–Crippen MR) is 69.4 cm³/mol. The summed E-state index contributed by atoms with van der Waals surface area (Å²) in [5.74, 6) is 0. The lowest BCUT2D eigenvalue weighted by atomic mass is 10.1. The number of nitro groups is 1. The van der Waals surface area contributed by atoms with Crippen molar-refractivity contribution in [3.05, 3.63) is 34.6 Å². The van der Waals surface area contributed by atoms with Crippen LogP contribution < -0.4 is 0 Å². The third-order valence-corrected chi connectivity index (χ3v) is 3.58. The Hall–Kier alpha value is -2.07. The normalized spacial score (nSPS) is 29.1. The van der Waals surface area contributed by atoms with Crippen LogP contribution >= 0.6 is 0 Å². The van der Waals surface area contributed by atoms with Crippen molar-refractivity contribution in [3.8, 4) is 0 Å². The fraction of sp³-hybridized carbons (Fsp3) is 0.417. The van der Waals surface area contributed by atoms with E-state index in [1.54, 1.807) is 0 Å². The van der Waals surface area contributed by atoms with E-state index in [-0.39, 0.29) is 11.3 Å². The summed E-state index contributed by atoms with van der Waals surface area (Å²) < 4.78 is 6.80. The number of aliphatic hydroxyl groups excluding tert-OH is 3. The number of hydrogen-bond acceptors (Lipinski definition) is 7. The van der Waals surface area contributed by atoms with Gasteiger partial charge in [-0.2, -0.15) is 0 Å². The maximum absolute atomic E-state index is 11.0. The molecule has 1 saturated heterocycles. The Kier molecular flexibility index (Phi) is 3.33. The van der Waals surface area contributed by atoms with Crippen molar-refractivity contribution in [2.75, 3.05) is 6.61 Å². The smallest absolute Gasteiger partial charge is 0.281 e. The Labute approximate surface area is 118 Å². The van der Waals surface area contributed by atoms with Gasteiger partial charge in [-0.3, -0.25) is 10.1 Å². The van der Waals surface area contributed by atoms with Gasteiger partial charge in [0.25, 0.3) is 5.69 Å². The Bertz CT molecular complexity index is 687. The molecule has 112 valence electrons. The van der Waals surface area contributed by atoms with Gasteiger partial charge in [-0.15, -0.1) is 0 Å².